The molecule has 2 aromatic carbocycles. The Balaban J connectivity index is 1.51. The van der Waals surface area contributed by atoms with Gasteiger partial charge >= 0.3 is 0 Å². The van der Waals surface area contributed by atoms with Crippen LogP contribution in [0.25, 0.3) is 0 Å². The molecule has 1 aliphatic heterocycles. The fourth-order valence-corrected chi connectivity index (χ4v) is 4.07. The number of hydrogen-bond acceptors (Lipinski definition) is 4. The highest BCUT2D eigenvalue weighted by Gasteiger charge is 2.24. The maximum absolute atomic E-state index is 12.8. The van der Waals surface area contributed by atoms with Gasteiger partial charge < -0.3 is 15.4 Å². The number of piperidine rings is 1. The first-order chi connectivity index (χ1) is 16.0. The van der Waals surface area contributed by atoms with E-state index in [4.69, 9.17) is 4.74 Å². The molecular formula is C27H37N3O3. The number of carbonyl (C=O) groups excluding carboxylic acids is 2. The maximum atomic E-state index is 12.8. The molecule has 0 bridgehead atoms. The van der Waals surface area contributed by atoms with Gasteiger partial charge in [-0.15, -0.1) is 0 Å². The van der Waals surface area contributed by atoms with E-state index in [2.05, 4.69) is 39.8 Å². The topological polar surface area (TPSA) is 70.7 Å². The van der Waals surface area contributed by atoms with E-state index in [9.17, 15) is 9.59 Å². The second kappa shape index (κ2) is 12.4. The third-order valence-corrected chi connectivity index (χ3v) is 6.01. The predicted octanol–water partition coefficient (Wildman–Crippen LogP) is 4.14. The van der Waals surface area contributed by atoms with E-state index in [0.717, 1.165) is 12.1 Å². The highest BCUT2D eigenvalue weighted by molar-refractivity contribution is 5.97. The van der Waals surface area contributed by atoms with Crippen LogP contribution in [-0.2, 0) is 17.9 Å². The zero-order valence-corrected chi connectivity index (χ0v) is 20.1. The largest absolute Gasteiger partial charge is 0.494 e. The Kier molecular flexibility index (Phi) is 9.31. The molecule has 1 heterocycles. The zero-order valence-electron chi connectivity index (χ0n) is 20.1. The van der Waals surface area contributed by atoms with Gasteiger partial charge in [0.2, 0.25) is 5.91 Å². The summed E-state index contributed by atoms with van der Waals surface area (Å²) in [6.45, 7) is 10.1. The lowest BCUT2D eigenvalue weighted by atomic mass is 10.0. The fraction of sp³-hybridized carbons (Fsp3) is 0.481. The molecule has 0 spiro atoms. The van der Waals surface area contributed by atoms with Crippen molar-refractivity contribution < 1.29 is 14.3 Å². The van der Waals surface area contributed by atoms with Gasteiger partial charge in [0.05, 0.1) is 6.61 Å². The van der Waals surface area contributed by atoms with Crippen LogP contribution in [0, 0.1) is 5.92 Å². The highest BCUT2D eigenvalue weighted by atomic mass is 16.5. The first-order valence-electron chi connectivity index (χ1n) is 12.1. The minimum atomic E-state index is -0.609. The van der Waals surface area contributed by atoms with Crippen molar-refractivity contribution in [3.63, 3.8) is 0 Å². The molecule has 6 heteroatoms. The molecule has 1 saturated heterocycles. The number of nitrogens with one attached hydrogen (secondary N) is 2. The number of rotatable bonds is 10. The Morgan fingerprint density at radius 2 is 1.58 bits per heavy atom. The summed E-state index contributed by atoms with van der Waals surface area (Å²) < 4.78 is 5.42. The van der Waals surface area contributed by atoms with Crippen LogP contribution in [0.3, 0.4) is 0 Å². The molecule has 2 N–H and O–H groups in total. The van der Waals surface area contributed by atoms with Crippen LogP contribution in [0.15, 0.2) is 48.5 Å². The Morgan fingerprint density at radius 3 is 2.18 bits per heavy atom. The smallest absolute Gasteiger partial charge is 0.251 e. The number of benzene rings is 2. The molecule has 1 fully saturated rings. The van der Waals surface area contributed by atoms with E-state index in [-0.39, 0.29) is 17.7 Å². The van der Waals surface area contributed by atoms with Crippen LogP contribution >= 0.6 is 0 Å². The van der Waals surface area contributed by atoms with Gasteiger partial charge in [0.1, 0.15) is 11.8 Å². The number of amides is 2. The zero-order chi connectivity index (χ0) is 23.6. The summed E-state index contributed by atoms with van der Waals surface area (Å²) in [6.07, 6.45) is 3.92. The first kappa shape index (κ1) is 24.8. The van der Waals surface area contributed by atoms with Gasteiger partial charge in [-0.3, -0.25) is 14.5 Å². The number of carbonyl (C=O) groups is 2. The van der Waals surface area contributed by atoms with Gasteiger partial charge in [0, 0.05) is 18.7 Å². The molecule has 1 aliphatic rings. The third-order valence-electron chi connectivity index (χ3n) is 6.01. The van der Waals surface area contributed by atoms with Gasteiger partial charge in [-0.2, -0.15) is 0 Å². The molecule has 2 amide bonds. The summed E-state index contributed by atoms with van der Waals surface area (Å²) in [6, 6.07) is 14.8. The van der Waals surface area contributed by atoms with E-state index in [1.807, 2.05) is 20.8 Å². The Labute approximate surface area is 197 Å². The molecular weight excluding hydrogens is 414 g/mol. The lowest BCUT2D eigenvalue weighted by Gasteiger charge is -2.26. The Bertz CT molecular complexity index is 888. The molecule has 1 atom stereocenters. The number of hydrogen-bond donors (Lipinski definition) is 2. The van der Waals surface area contributed by atoms with Crippen LogP contribution < -0.4 is 15.4 Å². The average molecular weight is 452 g/mol. The normalized spacial score (nSPS) is 15.2. The molecule has 178 valence electrons. The molecule has 3 rings (SSSR count). The van der Waals surface area contributed by atoms with E-state index < -0.39 is 6.04 Å². The van der Waals surface area contributed by atoms with Crippen LogP contribution in [0.4, 0.5) is 0 Å². The summed E-state index contributed by atoms with van der Waals surface area (Å²) in [5.74, 6) is 0.230. The van der Waals surface area contributed by atoms with Crippen LogP contribution in [-0.4, -0.2) is 42.5 Å². The number of likely N-dealkylation sites (tertiary alicyclic amines) is 1. The van der Waals surface area contributed by atoms with Gasteiger partial charge in [0.15, 0.2) is 0 Å². The van der Waals surface area contributed by atoms with Crippen molar-refractivity contribution in [2.75, 3.05) is 19.7 Å². The maximum Gasteiger partial charge on any atom is 0.251 e. The summed E-state index contributed by atoms with van der Waals surface area (Å²) in [5.41, 5.74) is 2.85. The summed E-state index contributed by atoms with van der Waals surface area (Å²) in [7, 11) is 0. The molecule has 33 heavy (non-hydrogen) atoms. The fourth-order valence-electron chi connectivity index (χ4n) is 4.07. The Hall–Kier alpha value is -2.86. The SMILES string of the molecule is CCOc1ccc(C(=O)N[C@H](C(=O)NCc2ccc(CN3CCCCC3)cc2)C(C)C)cc1. The Morgan fingerprint density at radius 1 is 0.939 bits per heavy atom. The molecule has 0 aromatic heterocycles. The van der Waals surface area contributed by atoms with Gasteiger partial charge in [-0.05, 0) is 74.2 Å². The first-order valence-corrected chi connectivity index (χ1v) is 12.1. The molecule has 0 aliphatic carbocycles. The van der Waals surface area contributed by atoms with Gasteiger partial charge in [-0.1, -0.05) is 44.5 Å². The lowest BCUT2D eigenvalue weighted by Crippen LogP contribution is -2.49. The quantitative estimate of drug-likeness (QED) is 0.570. The third kappa shape index (κ3) is 7.60. The molecule has 2 aromatic rings. The standard InChI is InChI=1S/C27H37N3O3/c1-4-33-24-14-12-23(13-15-24)26(31)29-25(20(2)3)27(32)28-18-21-8-10-22(11-9-21)19-30-16-6-5-7-17-30/h8-15,20,25H,4-7,16-19H2,1-3H3,(H,28,32)(H,29,31)/t25-/m0/s1. The van der Waals surface area contributed by atoms with Crippen LogP contribution in [0.2, 0.25) is 0 Å². The van der Waals surface area contributed by atoms with Crippen LogP contribution in [0.5, 0.6) is 5.75 Å². The van der Waals surface area contributed by atoms with Gasteiger partial charge in [-0.25, -0.2) is 0 Å². The molecule has 0 saturated carbocycles. The van der Waals surface area contributed by atoms with E-state index in [1.54, 1.807) is 24.3 Å². The number of nitrogens with zero attached hydrogens (tertiary/aromatic N) is 1. The van der Waals surface area contributed by atoms with Crippen molar-refractivity contribution >= 4 is 11.8 Å². The van der Waals surface area contributed by atoms with E-state index in [0.29, 0.717) is 24.5 Å². The van der Waals surface area contributed by atoms with Crippen molar-refractivity contribution in [2.45, 2.75) is 59.2 Å². The molecule has 0 radical (unpaired) electrons. The second-order valence-corrected chi connectivity index (χ2v) is 9.02. The van der Waals surface area contributed by atoms with Crippen molar-refractivity contribution in [2.24, 2.45) is 5.92 Å². The van der Waals surface area contributed by atoms with Crippen molar-refractivity contribution in [3.8, 4) is 5.75 Å². The van der Waals surface area contributed by atoms with Gasteiger partial charge in [0.25, 0.3) is 5.91 Å². The molecule has 6 nitrogen and oxygen atoms in total. The predicted molar refractivity (Wildman–Crippen MR) is 131 cm³/mol. The summed E-state index contributed by atoms with van der Waals surface area (Å²) in [5, 5.41) is 5.86. The monoisotopic (exact) mass is 451 g/mol. The van der Waals surface area contributed by atoms with Crippen molar-refractivity contribution in [1.29, 1.82) is 0 Å². The van der Waals surface area contributed by atoms with Crippen molar-refractivity contribution in [1.82, 2.24) is 15.5 Å². The van der Waals surface area contributed by atoms with Crippen LogP contribution in [0.1, 0.15) is 61.5 Å². The minimum Gasteiger partial charge on any atom is -0.494 e. The number of ether oxygens (including phenoxy) is 1. The van der Waals surface area contributed by atoms with Crippen molar-refractivity contribution in [3.05, 3.63) is 65.2 Å². The second-order valence-electron chi connectivity index (χ2n) is 9.02. The van der Waals surface area contributed by atoms with E-state index in [1.165, 1.54) is 37.9 Å². The lowest BCUT2D eigenvalue weighted by molar-refractivity contribution is -0.124. The minimum absolute atomic E-state index is 0.0384. The van der Waals surface area contributed by atoms with E-state index >= 15 is 0 Å². The average Bonchev–Trinajstić information content (AvgIpc) is 2.83. The summed E-state index contributed by atoms with van der Waals surface area (Å²) in [4.78, 5) is 28.0. The molecule has 0 unspecified atom stereocenters. The highest BCUT2D eigenvalue weighted by Crippen LogP contribution is 2.15. The summed E-state index contributed by atoms with van der Waals surface area (Å²) >= 11 is 0.